The lowest BCUT2D eigenvalue weighted by Gasteiger charge is -2.34. The monoisotopic (exact) mass is 305 g/mol. The molecule has 0 bridgehead atoms. The van der Waals surface area contributed by atoms with Crippen LogP contribution in [0.15, 0.2) is 24.3 Å². The van der Waals surface area contributed by atoms with Crippen molar-refractivity contribution in [3.63, 3.8) is 0 Å². The highest BCUT2D eigenvalue weighted by atomic mass is 16.3. The molecule has 1 atom stereocenters. The van der Waals surface area contributed by atoms with Gasteiger partial charge in [-0.15, -0.1) is 0 Å². The smallest absolute Gasteiger partial charge is 0.253 e. The van der Waals surface area contributed by atoms with Gasteiger partial charge in [0.25, 0.3) is 5.91 Å². The minimum atomic E-state index is -0.272. The van der Waals surface area contributed by atoms with Crippen molar-refractivity contribution in [2.45, 2.75) is 25.9 Å². The quantitative estimate of drug-likeness (QED) is 0.808. The van der Waals surface area contributed by atoms with E-state index in [0.29, 0.717) is 17.2 Å². The van der Waals surface area contributed by atoms with E-state index in [0.717, 1.165) is 39.0 Å². The van der Waals surface area contributed by atoms with Crippen LogP contribution >= 0.6 is 0 Å². The topological polar surface area (TPSA) is 69.8 Å². The van der Waals surface area contributed by atoms with Gasteiger partial charge in [-0.2, -0.15) is 0 Å². The van der Waals surface area contributed by atoms with Gasteiger partial charge in [-0.25, -0.2) is 0 Å². The first-order valence-corrected chi connectivity index (χ1v) is 7.97. The third kappa shape index (κ3) is 4.71. The number of β-amino-alcohol motifs (C(OH)–C–C–N with tert-alkyl or cyclic N) is 1. The van der Waals surface area contributed by atoms with E-state index in [9.17, 15) is 9.90 Å². The number of nitrogens with zero attached hydrogens (tertiary/aromatic N) is 2. The summed E-state index contributed by atoms with van der Waals surface area (Å²) in [5.41, 5.74) is 7.01. The Hall–Kier alpha value is -1.59. The average molecular weight is 305 g/mol. The van der Waals surface area contributed by atoms with Crippen molar-refractivity contribution in [3.05, 3.63) is 29.8 Å². The van der Waals surface area contributed by atoms with E-state index in [1.807, 2.05) is 14.0 Å². The van der Waals surface area contributed by atoms with Gasteiger partial charge in [0.1, 0.15) is 0 Å². The van der Waals surface area contributed by atoms with Crippen LogP contribution < -0.4 is 5.73 Å². The normalized spacial score (nSPS) is 18.1. The molecule has 1 fully saturated rings. The number of nitrogens with two attached hydrogens (primary N) is 1. The minimum absolute atomic E-state index is 0.0476. The minimum Gasteiger partial charge on any atom is -0.399 e. The number of aliphatic hydroxyl groups is 1. The second-order valence-corrected chi connectivity index (χ2v) is 6.40. The lowest BCUT2D eigenvalue weighted by atomic mass is 9.96. The van der Waals surface area contributed by atoms with E-state index in [4.69, 9.17) is 5.73 Å². The van der Waals surface area contributed by atoms with E-state index < -0.39 is 0 Å². The molecule has 1 aromatic carbocycles. The maximum Gasteiger partial charge on any atom is 0.253 e. The summed E-state index contributed by atoms with van der Waals surface area (Å²) < 4.78 is 0. The summed E-state index contributed by atoms with van der Waals surface area (Å²) in [7, 11) is 1.86. The number of anilines is 1. The number of likely N-dealkylation sites (tertiary alicyclic amines) is 1. The molecule has 1 aliphatic rings. The Balaban J connectivity index is 1.81. The van der Waals surface area contributed by atoms with E-state index in [2.05, 4.69) is 4.90 Å². The molecule has 22 heavy (non-hydrogen) atoms. The molecule has 1 unspecified atom stereocenters. The van der Waals surface area contributed by atoms with Gasteiger partial charge in [-0.1, -0.05) is 0 Å². The second kappa shape index (κ2) is 7.61. The summed E-state index contributed by atoms with van der Waals surface area (Å²) in [6, 6.07) is 7.07. The first-order chi connectivity index (χ1) is 10.5. The lowest BCUT2D eigenvalue weighted by molar-refractivity contribution is 0.0703. The Morgan fingerprint density at radius 2 is 1.95 bits per heavy atom. The van der Waals surface area contributed by atoms with E-state index in [1.54, 1.807) is 29.2 Å². The van der Waals surface area contributed by atoms with Crippen molar-refractivity contribution >= 4 is 11.6 Å². The molecule has 0 radical (unpaired) electrons. The molecule has 0 saturated carbocycles. The highest BCUT2D eigenvalue weighted by molar-refractivity contribution is 5.94. The molecule has 122 valence electrons. The number of rotatable bonds is 5. The summed E-state index contributed by atoms with van der Waals surface area (Å²) in [5, 5.41) is 9.43. The maximum atomic E-state index is 12.4. The number of hydrogen-bond donors (Lipinski definition) is 2. The first kappa shape index (κ1) is 16.8. The lowest BCUT2D eigenvalue weighted by Crippen LogP contribution is -2.41. The fourth-order valence-electron chi connectivity index (χ4n) is 3.04. The zero-order chi connectivity index (χ0) is 16.1. The summed E-state index contributed by atoms with van der Waals surface area (Å²) >= 11 is 0. The molecular weight excluding hydrogens is 278 g/mol. The van der Waals surface area contributed by atoms with Gasteiger partial charge in [0.15, 0.2) is 0 Å². The summed E-state index contributed by atoms with van der Waals surface area (Å²) in [4.78, 5) is 16.5. The third-order valence-corrected chi connectivity index (χ3v) is 4.27. The molecule has 1 aromatic rings. The number of aliphatic hydroxyl groups excluding tert-OH is 1. The Morgan fingerprint density at radius 3 is 2.50 bits per heavy atom. The van der Waals surface area contributed by atoms with Crippen LogP contribution in [0.2, 0.25) is 0 Å². The van der Waals surface area contributed by atoms with Crippen molar-refractivity contribution in [1.82, 2.24) is 9.80 Å². The van der Waals surface area contributed by atoms with E-state index >= 15 is 0 Å². The molecule has 1 saturated heterocycles. The fourth-order valence-corrected chi connectivity index (χ4v) is 3.04. The molecule has 3 N–H and O–H groups in total. The van der Waals surface area contributed by atoms with Crippen LogP contribution in [-0.4, -0.2) is 60.1 Å². The van der Waals surface area contributed by atoms with Crippen LogP contribution in [-0.2, 0) is 0 Å². The van der Waals surface area contributed by atoms with Crippen LogP contribution in [0, 0.1) is 5.92 Å². The third-order valence-electron chi connectivity index (χ3n) is 4.27. The van der Waals surface area contributed by atoms with E-state index in [1.165, 1.54) is 0 Å². The van der Waals surface area contributed by atoms with Gasteiger partial charge in [-0.05, 0) is 63.0 Å². The summed E-state index contributed by atoms with van der Waals surface area (Å²) in [6.45, 7) is 5.35. The van der Waals surface area contributed by atoms with E-state index in [-0.39, 0.29) is 12.0 Å². The van der Waals surface area contributed by atoms with Crippen LogP contribution in [0.25, 0.3) is 0 Å². The summed E-state index contributed by atoms with van der Waals surface area (Å²) in [6.07, 6.45) is 1.88. The molecule has 0 aromatic heterocycles. The molecule has 1 aliphatic heterocycles. The van der Waals surface area contributed by atoms with Gasteiger partial charge >= 0.3 is 0 Å². The molecule has 1 amide bonds. The highest BCUT2D eigenvalue weighted by Crippen LogP contribution is 2.19. The number of carbonyl (C=O) groups is 1. The number of hydrogen-bond acceptors (Lipinski definition) is 4. The van der Waals surface area contributed by atoms with Gasteiger partial charge in [-0.3, -0.25) is 4.79 Å². The fraction of sp³-hybridized carbons (Fsp3) is 0.588. The van der Waals surface area contributed by atoms with Crippen molar-refractivity contribution in [1.29, 1.82) is 0 Å². The zero-order valence-electron chi connectivity index (χ0n) is 13.5. The number of carbonyl (C=O) groups excluding carboxylic acids is 1. The number of amides is 1. The predicted molar refractivity (Wildman–Crippen MR) is 88.7 cm³/mol. The van der Waals surface area contributed by atoms with Gasteiger partial charge in [0.2, 0.25) is 0 Å². The SMILES string of the molecule is CC(O)CN1CCC(CN(C)C(=O)c2ccc(N)cc2)CC1. The van der Waals surface area contributed by atoms with Crippen LogP contribution in [0.5, 0.6) is 0 Å². The van der Waals surface area contributed by atoms with Crippen LogP contribution in [0.4, 0.5) is 5.69 Å². The van der Waals surface area contributed by atoms with Crippen molar-refractivity contribution in [3.8, 4) is 0 Å². The number of piperidine rings is 1. The van der Waals surface area contributed by atoms with Crippen molar-refractivity contribution < 1.29 is 9.90 Å². The Kier molecular flexibility index (Phi) is 5.80. The van der Waals surface area contributed by atoms with Crippen LogP contribution in [0.1, 0.15) is 30.1 Å². The average Bonchev–Trinajstić information content (AvgIpc) is 2.49. The molecular formula is C17H27N3O2. The largest absolute Gasteiger partial charge is 0.399 e. The predicted octanol–water partition coefficient (Wildman–Crippen LogP) is 1.43. The Bertz CT molecular complexity index is 479. The molecule has 0 spiro atoms. The second-order valence-electron chi connectivity index (χ2n) is 6.40. The molecule has 5 heteroatoms. The van der Waals surface area contributed by atoms with Gasteiger partial charge in [0, 0.05) is 31.4 Å². The van der Waals surface area contributed by atoms with Gasteiger partial charge in [0.05, 0.1) is 6.10 Å². The number of nitrogen functional groups attached to an aromatic ring is 1. The standard InChI is InChI=1S/C17H27N3O2/c1-13(21)11-20-9-7-14(8-10-20)12-19(2)17(22)15-3-5-16(18)6-4-15/h3-6,13-14,21H,7-12,18H2,1-2H3. The maximum absolute atomic E-state index is 12.4. The Morgan fingerprint density at radius 1 is 1.36 bits per heavy atom. The number of benzene rings is 1. The molecule has 1 heterocycles. The Labute approximate surface area is 132 Å². The molecule has 2 rings (SSSR count). The van der Waals surface area contributed by atoms with Crippen molar-refractivity contribution in [2.75, 3.05) is 39.0 Å². The zero-order valence-corrected chi connectivity index (χ0v) is 13.5. The summed E-state index contributed by atoms with van der Waals surface area (Å²) in [5.74, 6) is 0.583. The molecule has 5 nitrogen and oxygen atoms in total. The highest BCUT2D eigenvalue weighted by Gasteiger charge is 2.23. The van der Waals surface area contributed by atoms with Gasteiger partial charge < -0.3 is 20.6 Å². The van der Waals surface area contributed by atoms with Crippen LogP contribution in [0.3, 0.4) is 0 Å². The molecule has 0 aliphatic carbocycles. The first-order valence-electron chi connectivity index (χ1n) is 7.97. The van der Waals surface area contributed by atoms with Crippen molar-refractivity contribution in [2.24, 2.45) is 5.92 Å².